The third-order valence-corrected chi connectivity index (χ3v) is 3.26. The van der Waals surface area contributed by atoms with Crippen molar-refractivity contribution in [2.75, 3.05) is 17.7 Å². The fraction of sp³-hybridized carbons (Fsp3) is 0.231. The lowest BCUT2D eigenvalue weighted by molar-refractivity contribution is -0.384. The van der Waals surface area contributed by atoms with Crippen LogP contribution in [-0.4, -0.2) is 21.9 Å². The Hall–Kier alpha value is -2.41. The van der Waals surface area contributed by atoms with E-state index in [2.05, 4.69) is 20.6 Å². The summed E-state index contributed by atoms with van der Waals surface area (Å²) in [7, 11) is 1.64. The van der Waals surface area contributed by atoms with Gasteiger partial charge < -0.3 is 10.6 Å². The lowest BCUT2D eigenvalue weighted by Crippen LogP contribution is -2.12. The molecule has 1 atom stereocenters. The van der Waals surface area contributed by atoms with Crippen LogP contribution in [0.4, 0.5) is 17.5 Å². The first kappa shape index (κ1) is 15.0. The molecule has 0 aliphatic heterocycles. The van der Waals surface area contributed by atoms with Crippen LogP contribution in [0.5, 0.6) is 0 Å². The van der Waals surface area contributed by atoms with Crippen LogP contribution in [0.15, 0.2) is 30.5 Å². The normalized spacial score (nSPS) is 11.8. The van der Waals surface area contributed by atoms with Crippen LogP contribution < -0.4 is 10.6 Å². The van der Waals surface area contributed by atoms with Crippen LogP contribution in [0.25, 0.3) is 0 Å². The van der Waals surface area contributed by atoms with Gasteiger partial charge in [0, 0.05) is 12.1 Å². The number of anilines is 2. The molecule has 1 aromatic heterocycles. The molecule has 0 aliphatic carbocycles. The van der Waals surface area contributed by atoms with Gasteiger partial charge in [-0.2, -0.15) is 4.98 Å². The number of halogens is 1. The Morgan fingerprint density at radius 3 is 2.71 bits per heavy atom. The molecule has 0 aliphatic rings. The van der Waals surface area contributed by atoms with Gasteiger partial charge in [-0.25, -0.2) is 4.98 Å². The Labute approximate surface area is 126 Å². The minimum absolute atomic E-state index is 0.145. The smallest absolute Gasteiger partial charge is 0.329 e. The largest absolute Gasteiger partial charge is 0.358 e. The predicted molar refractivity (Wildman–Crippen MR) is 81.7 cm³/mol. The second kappa shape index (κ2) is 6.36. The van der Waals surface area contributed by atoms with E-state index < -0.39 is 4.92 Å². The lowest BCUT2D eigenvalue weighted by atomic mass is 10.1. The highest BCUT2D eigenvalue weighted by atomic mass is 35.5. The molecule has 21 heavy (non-hydrogen) atoms. The molecule has 7 nitrogen and oxygen atoms in total. The van der Waals surface area contributed by atoms with Crippen molar-refractivity contribution in [2.24, 2.45) is 0 Å². The molecule has 0 radical (unpaired) electrons. The molecule has 2 aromatic rings. The van der Waals surface area contributed by atoms with Gasteiger partial charge in [0.15, 0.2) is 0 Å². The number of benzene rings is 1. The van der Waals surface area contributed by atoms with Crippen LogP contribution in [0.1, 0.15) is 18.5 Å². The monoisotopic (exact) mass is 307 g/mol. The minimum atomic E-state index is -0.527. The Bertz CT molecular complexity index is 665. The van der Waals surface area contributed by atoms with E-state index >= 15 is 0 Å². The summed E-state index contributed by atoms with van der Waals surface area (Å²) in [5, 5.41) is 17.4. The highest BCUT2D eigenvalue weighted by Gasteiger charge is 2.20. The standard InChI is InChI=1S/C13H14ClN5O2/c1-8(9-5-3-4-6-10(9)14)17-12-11(19(20)21)7-16-13(15-2)18-12/h3-8H,1-2H3,(H2,15,16,17,18). The van der Waals surface area contributed by atoms with Crippen LogP contribution in [0.3, 0.4) is 0 Å². The molecule has 0 saturated carbocycles. The van der Waals surface area contributed by atoms with Crippen LogP contribution >= 0.6 is 11.6 Å². The third-order valence-electron chi connectivity index (χ3n) is 2.91. The van der Waals surface area contributed by atoms with Crippen molar-refractivity contribution in [2.45, 2.75) is 13.0 Å². The first-order valence-electron chi connectivity index (χ1n) is 6.23. The zero-order valence-electron chi connectivity index (χ0n) is 11.5. The second-order valence-electron chi connectivity index (χ2n) is 4.32. The fourth-order valence-electron chi connectivity index (χ4n) is 1.84. The van der Waals surface area contributed by atoms with Crippen LogP contribution in [-0.2, 0) is 0 Å². The molecule has 2 N–H and O–H groups in total. The van der Waals surface area contributed by atoms with E-state index in [9.17, 15) is 10.1 Å². The average Bonchev–Trinajstić information content (AvgIpc) is 2.47. The van der Waals surface area contributed by atoms with E-state index in [0.29, 0.717) is 11.0 Å². The molecule has 0 saturated heterocycles. The highest BCUT2D eigenvalue weighted by molar-refractivity contribution is 6.31. The number of aromatic nitrogens is 2. The van der Waals surface area contributed by atoms with Crippen molar-refractivity contribution >= 4 is 29.1 Å². The van der Waals surface area contributed by atoms with Gasteiger partial charge in [-0.1, -0.05) is 29.8 Å². The van der Waals surface area contributed by atoms with E-state index in [1.54, 1.807) is 13.1 Å². The Morgan fingerprint density at radius 1 is 1.38 bits per heavy atom. The van der Waals surface area contributed by atoms with E-state index in [1.807, 2.05) is 25.1 Å². The summed E-state index contributed by atoms with van der Waals surface area (Å²) in [6, 6.07) is 7.06. The summed E-state index contributed by atoms with van der Waals surface area (Å²) in [6.45, 7) is 1.85. The van der Waals surface area contributed by atoms with Crippen molar-refractivity contribution < 1.29 is 4.92 Å². The number of rotatable bonds is 5. The Balaban J connectivity index is 2.34. The molecule has 1 heterocycles. The summed E-state index contributed by atoms with van der Waals surface area (Å²) in [4.78, 5) is 18.5. The molecule has 0 amide bonds. The van der Waals surface area contributed by atoms with E-state index in [1.165, 1.54) is 6.20 Å². The maximum atomic E-state index is 11.0. The Kier molecular flexibility index (Phi) is 4.54. The maximum Gasteiger partial charge on any atom is 0.329 e. The van der Waals surface area contributed by atoms with Gasteiger partial charge in [0.05, 0.1) is 11.0 Å². The van der Waals surface area contributed by atoms with Crippen molar-refractivity contribution in [3.05, 3.63) is 51.2 Å². The van der Waals surface area contributed by atoms with Gasteiger partial charge in [-0.3, -0.25) is 10.1 Å². The summed E-state index contributed by atoms with van der Waals surface area (Å²) in [5.41, 5.74) is 0.644. The SMILES string of the molecule is CNc1ncc([N+](=O)[O-])c(NC(C)c2ccccc2Cl)n1. The minimum Gasteiger partial charge on any atom is -0.358 e. The van der Waals surface area contributed by atoms with Crippen LogP contribution in [0.2, 0.25) is 5.02 Å². The number of hydrogen-bond donors (Lipinski definition) is 2. The summed E-state index contributed by atoms with van der Waals surface area (Å²) >= 11 is 6.13. The number of hydrogen-bond acceptors (Lipinski definition) is 6. The molecule has 0 fully saturated rings. The van der Waals surface area contributed by atoms with E-state index in [-0.39, 0.29) is 17.5 Å². The number of nitrogens with zero attached hydrogens (tertiary/aromatic N) is 3. The zero-order chi connectivity index (χ0) is 15.4. The van der Waals surface area contributed by atoms with Crippen molar-refractivity contribution in [3.8, 4) is 0 Å². The quantitative estimate of drug-likeness (QED) is 0.650. The summed E-state index contributed by atoms with van der Waals surface area (Å²) in [5.74, 6) is 0.446. The van der Waals surface area contributed by atoms with Gasteiger partial charge in [0.1, 0.15) is 6.20 Å². The van der Waals surface area contributed by atoms with Gasteiger partial charge >= 0.3 is 5.69 Å². The Morgan fingerprint density at radius 2 is 2.10 bits per heavy atom. The number of nitrogens with one attached hydrogen (secondary N) is 2. The average molecular weight is 308 g/mol. The van der Waals surface area contributed by atoms with Gasteiger partial charge in [0.25, 0.3) is 0 Å². The van der Waals surface area contributed by atoms with Crippen LogP contribution in [0, 0.1) is 10.1 Å². The summed E-state index contributed by atoms with van der Waals surface area (Å²) in [6.07, 6.45) is 1.17. The summed E-state index contributed by atoms with van der Waals surface area (Å²) < 4.78 is 0. The van der Waals surface area contributed by atoms with Gasteiger partial charge in [-0.15, -0.1) is 0 Å². The zero-order valence-corrected chi connectivity index (χ0v) is 12.3. The van der Waals surface area contributed by atoms with Gasteiger partial charge in [0.2, 0.25) is 11.8 Å². The molecule has 1 aromatic carbocycles. The van der Waals surface area contributed by atoms with Crippen molar-refractivity contribution in [1.29, 1.82) is 0 Å². The third kappa shape index (κ3) is 3.38. The molecule has 8 heteroatoms. The molecule has 110 valence electrons. The molecule has 1 unspecified atom stereocenters. The second-order valence-corrected chi connectivity index (χ2v) is 4.73. The topological polar surface area (TPSA) is 93.0 Å². The van der Waals surface area contributed by atoms with E-state index in [0.717, 1.165) is 5.56 Å². The van der Waals surface area contributed by atoms with Gasteiger partial charge in [-0.05, 0) is 18.6 Å². The first-order valence-corrected chi connectivity index (χ1v) is 6.61. The highest BCUT2D eigenvalue weighted by Crippen LogP contribution is 2.29. The lowest BCUT2D eigenvalue weighted by Gasteiger charge is -2.16. The maximum absolute atomic E-state index is 11.0. The molecule has 0 spiro atoms. The first-order chi connectivity index (χ1) is 10.0. The number of nitro groups is 1. The molecule has 0 bridgehead atoms. The van der Waals surface area contributed by atoms with E-state index in [4.69, 9.17) is 11.6 Å². The predicted octanol–water partition coefficient (Wildman–Crippen LogP) is 3.25. The van der Waals surface area contributed by atoms with Crippen molar-refractivity contribution in [1.82, 2.24) is 9.97 Å². The molecular weight excluding hydrogens is 294 g/mol. The fourth-order valence-corrected chi connectivity index (χ4v) is 2.14. The molecule has 2 rings (SSSR count). The molecular formula is C13H14ClN5O2. The van der Waals surface area contributed by atoms with Crippen molar-refractivity contribution in [3.63, 3.8) is 0 Å².